The van der Waals surface area contributed by atoms with Gasteiger partial charge in [-0.3, -0.25) is 9.69 Å². The Bertz CT molecular complexity index is 768. The number of amides is 1. The molecule has 1 atom stereocenters. The Balaban J connectivity index is 1.49. The summed E-state index contributed by atoms with van der Waals surface area (Å²) in [6.45, 7) is 5.89. The van der Waals surface area contributed by atoms with E-state index in [2.05, 4.69) is 33.5 Å². The minimum absolute atomic E-state index is 0.109. The third-order valence-corrected chi connectivity index (χ3v) is 5.55. The molecular weight excluding hydrogens is 300 g/mol. The van der Waals surface area contributed by atoms with Crippen molar-refractivity contribution >= 4 is 11.6 Å². The number of hydrogen-bond acceptors (Lipinski definition) is 3. The van der Waals surface area contributed by atoms with Gasteiger partial charge in [0.1, 0.15) is 0 Å². The molecule has 0 aliphatic carbocycles. The van der Waals surface area contributed by atoms with E-state index in [0.717, 1.165) is 38.3 Å². The number of para-hydroxylation sites is 1. The van der Waals surface area contributed by atoms with Gasteiger partial charge in [0.25, 0.3) is 0 Å². The van der Waals surface area contributed by atoms with Crippen LogP contribution in [0.4, 0.5) is 5.69 Å². The van der Waals surface area contributed by atoms with Gasteiger partial charge in [-0.25, -0.2) is 4.98 Å². The molecule has 2 aromatic rings. The number of benzene rings is 1. The second-order valence-corrected chi connectivity index (χ2v) is 7.40. The van der Waals surface area contributed by atoms with Crippen LogP contribution < -0.4 is 4.90 Å². The number of aryl methyl sites for hydroxylation is 2. The zero-order chi connectivity index (χ0) is 16.7. The van der Waals surface area contributed by atoms with E-state index in [9.17, 15) is 4.79 Å². The van der Waals surface area contributed by atoms with Gasteiger partial charge in [-0.1, -0.05) is 18.2 Å². The zero-order valence-corrected chi connectivity index (χ0v) is 14.4. The van der Waals surface area contributed by atoms with E-state index in [1.807, 2.05) is 36.6 Å². The van der Waals surface area contributed by atoms with Crippen molar-refractivity contribution in [1.82, 2.24) is 14.5 Å². The number of anilines is 1. The molecule has 1 spiro atoms. The molecular formula is C19H24N4O. The molecule has 4 rings (SSSR count). The fourth-order valence-corrected chi connectivity index (χ4v) is 4.18. The van der Waals surface area contributed by atoms with Crippen molar-refractivity contribution in [3.05, 3.63) is 48.0 Å². The van der Waals surface area contributed by atoms with Gasteiger partial charge in [0, 0.05) is 50.4 Å². The van der Waals surface area contributed by atoms with Crippen molar-refractivity contribution in [1.29, 1.82) is 0 Å². The summed E-state index contributed by atoms with van der Waals surface area (Å²) in [7, 11) is 2.03. The summed E-state index contributed by atoms with van der Waals surface area (Å²) >= 11 is 0. The predicted octanol–water partition coefficient (Wildman–Crippen LogP) is 2.36. The molecule has 2 aliphatic heterocycles. The van der Waals surface area contributed by atoms with E-state index >= 15 is 0 Å². The van der Waals surface area contributed by atoms with E-state index in [0.29, 0.717) is 6.42 Å². The Kier molecular flexibility index (Phi) is 3.68. The highest BCUT2D eigenvalue weighted by atomic mass is 16.2. The Morgan fingerprint density at radius 3 is 2.83 bits per heavy atom. The Hall–Kier alpha value is -2.14. The number of carbonyl (C=O) groups excluding carboxylic acids is 1. The minimum atomic E-state index is 0.109. The maximum Gasteiger partial charge on any atom is 0.227 e. The summed E-state index contributed by atoms with van der Waals surface area (Å²) in [5.74, 6) is 0.270. The van der Waals surface area contributed by atoms with Crippen LogP contribution in [0.1, 0.15) is 24.1 Å². The van der Waals surface area contributed by atoms with Crippen LogP contribution in [0, 0.1) is 12.3 Å². The lowest BCUT2D eigenvalue weighted by atomic mass is 9.86. The lowest BCUT2D eigenvalue weighted by Crippen LogP contribution is -2.31. The summed E-state index contributed by atoms with van der Waals surface area (Å²) in [4.78, 5) is 21.3. The summed E-state index contributed by atoms with van der Waals surface area (Å²) in [6, 6.07) is 8.19. The summed E-state index contributed by atoms with van der Waals surface area (Å²) in [5, 5.41) is 0. The zero-order valence-electron chi connectivity index (χ0n) is 14.4. The van der Waals surface area contributed by atoms with E-state index in [1.165, 1.54) is 11.3 Å². The molecule has 0 N–H and O–H groups in total. The Morgan fingerprint density at radius 2 is 2.08 bits per heavy atom. The molecule has 0 unspecified atom stereocenters. The maximum absolute atomic E-state index is 12.7. The van der Waals surface area contributed by atoms with Crippen molar-refractivity contribution in [3.63, 3.8) is 0 Å². The van der Waals surface area contributed by atoms with Crippen LogP contribution in [0.25, 0.3) is 0 Å². The SMILES string of the molecule is Cc1ccccc1N1C[C@@]2(CCN(Cc3cncn3C)C2)CC1=O. The first-order valence-corrected chi connectivity index (χ1v) is 8.60. The molecule has 2 saturated heterocycles. The van der Waals surface area contributed by atoms with Crippen molar-refractivity contribution < 1.29 is 4.79 Å². The number of nitrogens with zero attached hydrogens (tertiary/aromatic N) is 4. The first-order chi connectivity index (χ1) is 11.6. The molecule has 0 saturated carbocycles. The number of rotatable bonds is 3. The number of likely N-dealkylation sites (tertiary alicyclic amines) is 1. The Labute approximate surface area is 142 Å². The quantitative estimate of drug-likeness (QED) is 0.870. The van der Waals surface area contributed by atoms with Crippen LogP contribution in [-0.4, -0.2) is 40.0 Å². The number of aromatic nitrogens is 2. The summed E-state index contributed by atoms with van der Waals surface area (Å²) in [5.41, 5.74) is 3.59. The fourth-order valence-electron chi connectivity index (χ4n) is 4.18. The third kappa shape index (κ3) is 2.63. The standard InChI is InChI=1S/C19H24N4O/c1-15-5-3-4-6-17(15)23-13-19(9-18(23)24)7-8-22(12-19)11-16-10-20-14-21(16)2/h3-6,10,14H,7-9,11-13H2,1-2H3/t19-/m0/s1. The van der Waals surface area contributed by atoms with Gasteiger partial charge in [-0.15, -0.1) is 0 Å². The monoisotopic (exact) mass is 324 g/mol. The van der Waals surface area contributed by atoms with Crippen LogP contribution in [0.15, 0.2) is 36.8 Å². The van der Waals surface area contributed by atoms with E-state index in [-0.39, 0.29) is 11.3 Å². The van der Waals surface area contributed by atoms with Gasteiger partial charge < -0.3 is 9.47 Å². The highest BCUT2D eigenvalue weighted by Gasteiger charge is 2.47. The molecule has 0 bridgehead atoms. The van der Waals surface area contributed by atoms with Crippen LogP contribution in [0.3, 0.4) is 0 Å². The largest absolute Gasteiger partial charge is 0.337 e. The minimum Gasteiger partial charge on any atom is -0.337 e. The van der Waals surface area contributed by atoms with Gasteiger partial charge in [-0.05, 0) is 31.5 Å². The second kappa shape index (κ2) is 5.74. The second-order valence-electron chi connectivity index (χ2n) is 7.40. The van der Waals surface area contributed by atoms with Crippen LogP contribution in [0.2, 0.25) is 0 Å². The average Bonchev–Trinajstić information content (AvgIpc) is 3.22. The maximum atomic E-state index is 12.7. The molecule has 126 valence electrons. The fraction of sp³-hybridized carbons (Fsp3) is 0.474. The smallest absolute Gasteiger partial charge is 0.227 e. The van der Waals surface area contributed by atoms with Crippen molar-refractivity contribution in [2.45, 2.75) is 26.3 Å². The topological polar surface area (TPSA) is 41.4 Å². The molecule has 1 aromatic heterocycles. The highest BCUT2D eigenvalue weighted by Crippen LogP contribution is 2.42. The number of hydrogen-bond donors (Lipinski definition) is 0. The van der Waals surface area contributed by atoms with Crippen molar-refractivity contribution in [3.8, 4) is 0 Å². The van der Waals surface area contributed by atoms with Gasteiger partial charge in [-0.2, -0.15) is 0 Å². The van der Waals surface area contributed by atoms with Crippen molar-refractivity contribution in [2.24, 2.45) is 12.5 Å². The van der Waals surface area contributed by atoms with Gasteiger partial charge >= 0.3 is 0 Å². The predicted molar refractivity (Wildman–Crippen MR) is 93.7 cm³/mol. The lowest BCUT2D eigenvalue weighted by molar-refractivity contribution is -0.117. The number of carbonyl (C=O) groups is 1. The van der Waals surface area contributed by atoms with Gasteiger partial charge in [0.15, 0.2) is 0 Å². The van der Waals surface area contributed by atoms with Crippen LogP contribution >= 0.6 is 0 Å². The van der Waals surface area contributed by atoms with E-state index in [1.54, 1.807) is 0 Å². The van der Waals surface area contributed by atoms with E-state index in [4.69, 9.17) is 0 Å². The molecule has 5 heteroatoms. The molecule has 1 amide bonds. The molecule has 5 nitrogen and oxygen atoms in total. The first kappa shape index (κ1) is 15.4. The average molecular weight is 324 g/mol. The van der Waals surface area contributed by atoms with Crippen LogP contribution in [0.5, 0.6) is 0 Å². The normalized spacial score (nSPS) is 24.4. The third-order valence-electron chi connectivity index (χ3n) is 5.55. The summed E-state index contributed by atoms with van der Waals surface area (Å²) < 4.78 is 2.07. The molecule has 2 fully saturated rings. The lowest BCUT2D eigenvalue weighted by Gasteiger charge is -2.25. The molecule has 0 radical (unpaired) electrons. The van der Waals surface area contributed by atoms with Gasteiger partial charge in [0.05, 0.1) is 12.0 Å². The molecule has 3 heterocycles. The van der Waals surface area contributed by atoms with Crippen LogP contribution in [-0.2, 0) is 18.4 Å². The first-order valence-electron chi connectivity index (χ1n) is 8.60. The molecule has 2 aliphatic rings. The highest BCUT2D eigenvalue weighted by molar-refractivity contribution is 5.97. The van der Waals surface area contributed by atoms with E-state index < -0.39 is 0 Å². The summed E-state index contributed by atoms with van der Waals surface area (Å²) in [6.07, 6.45) is 5.55. The van der Waals surface area contributed by atoms with Crippen molar-refractivity contribution in [2.75, 3.05) is 24.5 Å². The van der Waals surface area contributed by atoms with Gasteiger partial charge in [0.2, 0.25) is 5.91 Å². The molecule has 1 aromatic carbocycles. The Morgan fingerprint density at radius 1 is 1.25 bits per heavy atom. The number of imidazole rings is 1. The molecule has 24 heavy (non-hydrogen) atoms.